The summed E-state index contributed by atoms with van der Waals surface area (Å²) in [5.74, 6) is 0.326. The standard InChI is InChI=1S/C7H7O/c8-6-5-7-3-1-2-4-7/h1-4,7H,5H2/q-1. The molecule has 0 heterocycles. The quantitative estimate of drug-likeness (QED) is 0.485. The van der Waals surface area contributed by atoms with Gasteiger partial charge in [-0.3, -0.25) is 6.29 Å². The summed E-state index contributed by atoms with van der Waals surface area (Å²) < 4.78 is 0. The van der Waals surface area contributed by atoms with Crippen molar-refractivity contribution in [3.8, 4) is 0 Å². The molecule has 0 N–H and O–H groups in total. The summed E-state index contributed by atoms with van der Waals surface area (Å²) in [6, 6.07) is 0. The third-order valence-electron chi connectivity index (χ3n) is 1.15. The van der Waals surface area contributed by atoms with Gasteiger partial charge in [0.05, 0.1) is 0 Å². The maximum absolute atomic E-state index is 9.77. The fourth-order valence-electron chi connectivity index (χ4n) is 0.710. The fraction of sp³-hybridized carbons (Fsp3) is 0.286. The summed E-state index contributed by atoms with van der Waals surface area (Å²) in [4.78, 5) is 9.77. The van der Waals surface area contributed by atoms with Crippen molar-refractivity contribution < 1.29 is 4.79 Å². The molecule has 42 valence electrons. The summed E-state index contributed by atoms with van der Waals surface area (Å²) in [5.41, 5.74) is 0. The molecule has 0 radical (unpaired) electrons. The Labute approximate surface area is 48.7 Å². The Kier molecular flexibility index (Phi) is 1.62. The van der Waals surface area contributed by atoms with Crippen LogP contribution < -0.4 is 0 Å². The van der Waals surface area contributed by atoms with Gasteiger partial charge in [0.1, 0.15) is 0 Å². The van der Waals surface area contributed by atoms with Crippen molar-refractivity contribution in [3.63, 3.8) is 0 Å². The van der Waals surface area contributed by atoms with Crippen molar-refractivity contribution >= 4 is 6.29 Å². The highest BCUT2D eigenvalue weighted by atomic mass is 16.1. The molecule has 1 nitrogen and oxygen atoms in total. The van der Waals surface area contributed by atoms with Crippen LogP contribution >= 0.6 is 0 Å². The highest BCUT2D eigenvalue weighted by Gasteiger charge is 1.93. The van der Waals surface area contributed by atoms with Gasteiger partial charge < -0.3 is 4.79 Å². The van der Waals surface area contributed by atoms with Gasteiger partial charge in [-0.05, 0) is 5.92 Å². The first-order chi connectivity index (χ1) is 3.93. The summed E-state index contributed by atoms with van der Waals surface area (Å²) in [6.45, 7) is 0. The van der Waals surface area contributed by atoms with Crippen molar-refractivity contribution in [1.82, 2.24) is 0 Å². The van der Waals surface area contributed by atoms with E-state index in [4.69, 9.17) is 0 Å². The average molecular weight is 107 g/mol. The highest BCUT2D eigenvalue weighted by molar-refractivity contribution is 5.52. The molecule has 1 aliphatic rings. The lowest BCUT2D eigenvalue weighted by Crippen LogP contribution is -1.87. The summed E-state index contributed by atoms with van der Waals surface area (Å²) in [7, 11) is 0. The third kappa shape index (κ3) is 1.06. The second-order valence-corrected chi connectivity index (χ2v) is 1.78. The van der Waals surface area contributed by atoms with Crippen LogP contribution in [0, 0.1) is 5.92 Å². The predicted molar refractivity (Wildman–Crippen MR) is 32.1 cm³/mol. The maximum atomic E-state index is 9.77. The Morgan fingerprint density at radius 3 is 2.50 bits per heavy atom. The topological polar surface area (TPSA) is 17.1 Å². The zero-order valence-electron chi connectivity index (χ0n) is 4.50. The molecule has 0 fully saturated rings. The smallest absolute Gasteiger partial charge is 0.0286 e. The zero-order valence-corrected chi connectivity index (χ0v) is 4.50. The molecule has 8 heavy (non-hydrogen) atoms. The van der Waals surface area contributed by atoms with E-state index in [1.54, 1.807) is 0 Å². The first-order valence-electron chi connectivity index (χ1n) is 2.63. The first kappa shape index (κ1) is 5.29. The van der Waals surface area contributed by atoms with E-state index in [1.165, 1.54) is 0 Å². The van der Waals surface area contributed by atoms with Crippen LogP contribution in [0.1, 0.15) is 6.42 Å². The lowest BCUT2D eigenvalue weighted by Gasteiger charge is -2.02. The zero-order chi connectivity index (χ0) is 5.82. The molecule has 0 saturated carbocycles. The maximum Gasteiger partial charge on any atom is -0.0286 e. The average Bonchev–Trinajstić information content (AvgIpc) is 2.19. The van der Waals surface area contributed by atoms with Crippen molar-refractivity contribution in [3.05, 3.63) is 24.3 Å². The molecule has 0 aromatic heterocycles. The first-order valence-corrected chi connectivity index (χ1v) is 2.63. The minimum atomic E-state index is 0.326. The van der Waals surface area contributed by atoms with E-state index in [9.17, 15) is 4.79 Å². The molecule has 1 aliphatic carbocycles. The minimum Gasteiger partial charge on any atom is -0.542 e. The summed E-state index contributed by atoms with van der Waals surface area (Å²) >= 11 is 0. The summed E-state index contributed by atoms with van der Waals surface area (Å²) in [5, 5.41) is 0. The molecule has 1 heteroatoms. The Morgan fingerprint density at radius 1 is 1.38 bits per heavy atom. The molecule has 0 aromatic rings. The predicted octanol–water partition coefficient (Wildman–Crippen LogP) is 1.23. The Balaban J connectivity index is 2.37. The lowest BCUT2D eigenvalue weighted by atomic mass is 10.1. The Morgan fingerprint density at radius 2 is 2.00 bits per heavy atom. The fourth-order valence-corrected chi connectivity index (χ4v) is 0.710. The molecule has 0 spiro atoms. The molecular weight excluding hydrogens is 100 g/mol. The molecule has 0 aromatic carbocycles. The van der Waals surface area contributed by atoms with E-state index < -0.39 is 0 Å². The van der Waals surface area contributed by atoms with Crippen molar-refractivity contribution in [2.45, 2.75) is 6.42 Å². The number of hydrogen-bond acceptors (Lipinski definition) is 1. The van der Waals surface area contributed by atoms with Crippen LogP contribution in [-0.2, 0) is 4.79 Å². The van der Waals surface area contributed by atoms with E-state index in [0.717, 1.165) is 0 Å². The molecule has 0 amide bonds. The second kappa shape index (κ2) is 2.46. The van der Waals surface area contributed by atoms with Crippen LogP contribution in [0.4, 0.5) is 0 Å². The van der Waals surface area contributed by atoms with Crippen LogP contribution in [0.25, 0.3) is 0 Å². The van der Waals surface area contributed by atoms with Crippen LogP contribution in [0.5, 0.6) is 0 Å². The molecule has 0 atom stereocenters. The molecular formula is C7H7O-. The molecule has 0 saturated heterocycles. The minimum absolute atomic E-state index is 0.326. The second-order valence-electron chi connectivity index (χ2n) is 1.78. The lowest BCUT2D eigenvalue weighted by molar-refractivity contribution is 0.546. The normalized spacial score (nSPS) is 17.5. The highest BCUT2D eigenvalue weighted by Crippen LogP contribution is 2.10. The number of rotatable bonds is 2. The van der Waals surface area contributed by atoms with Crippen LogP contribution in [0.3, 0.4) is 0 Å². The van der Waals surface area contributed by atoms with Gasteiger partial charge in [-0.15, -0.1) is 6.42 Å². The number of allylic oxidation sites excluding steroid dienone is 4. The molecule has 0 aliphatic heterocycles. The van der Waals surface area contributed by atoms with E-state index >= 15 is 0 Å². The molecule has 0 bridgehead atoms. The van der Waals surface area contributed by atoms with Crippen molar-refractivity contribution in [1.29, 1.82) is 0 Å². The van der Waals surface area contributed by atoms with E-state index in [2.05, 4.69) is 0 Å². The van der Waals surface area contributed by atoms with Crippen LogP contribution in [-0.4, -0.2) is 6.29 Å². The van der Waals surface area contributed by atoms with Crippen molar-refractivity contribution in [2.24, 2.45) is 5.92 Å². The third-order valence-corrected chi connectivity index (χ3v) is 1.15. The van der Waals surface area contributed by atoms with E-state index in [1.807, 2.05) is 30.6 Å². The van der Waals surface area contributed by atoms with Gasteiger partial charge in [0, 0.05) is 0 Å². The molecule has 1 rings (SSSR count). The SMILES string of the molecule is O=[C-]CC1C=CC=C1. The van der Waals surface area contributed by atoms with Crippen LogP contribution in [0.2, 0.25) is 0 Å². The number of carbonyl (C=O) groups excluding carboxylic acids is 1. The van der Waals surface area contributed by atoms with Crippen molar-refractivity contribution in [2.75, 3.05) is 0 Å². The molecule has 0 unspecified atom stereocenters. The monoisotopic (exact) mass is 107 g/mol. The largest absolute Gasteiger partial charge is 0.542 e. The summed E-state index contributed by atoms with van der Waals surface area (Å²) in [6.07, 6.45) is 10.2. The van der Waals surface area contributed by atoms with Crippen LogP contribution in [0.15, 0.2) is 24.3 Å². The number of hydrogen-bond donors (Lipinski definition) is 0. The van der Waals surface area contributed by atoms with Gasteiger partial charge in [-0.1, -0.05) is 24.3 Å². The van der Waals surface area contributed by atoms with Gasteiger partial charge in [-0.25, -0.2) is 0 Å². The van der Waals surface area contributed by atoms with Gasteiger partial charge in [0.2, 0.25) is 0 Å². The Hall–Kier alpha value is -0.850. The Bertz CT molecular complexity index is 121. The van der Waals surface area contributed by atoms with Gasteiger partial charge in [0.15, 0.2) is 0 Å². The van der Waals surface area contributed by atoms with E-state index in [-0.39, 0.29) is 0 Å². The van der Waals surface area contributed by atoms with E-state index in [0.29, 0.717) is 12.3 Å². The van der Waals surface area contributed by atoms with Gasteiger partial charge in [-0.2, -0.15) is 0 Å². The van der Waals surface area contributed by atoms with Gasteiger partial charge in [0.25, 0.3) is 0 Å². The van der Waals surface area contributed by atoms with Gasteiger partial charge >= 0.3 is 0 Å².